The molecule has 146 valence electrons. The number of benzene rings is 2. The van der Waals surface area contributed by atoms with Crippen LogP contribution in [0.2, 0.25) is 0 Å². The maximum Gasteiger partial charge on any atom is 0.243 e. The summed E-state index contributed by atoms with van der Waals surface area (Å²) in [6.07, 6.45) is 1.47. The molecule has 0 aliphatic carbocycles. The molecule has 0 saturated heterocycles. The molecular formula is C21H22N2O4S. The second-order valence-electron chi connectivity index (χ2n) is 6.37. The van der Waals surface area contributed by atoms with E-state index in [2.05, 4.69) is 5.32 Å². The Morgan fingerprint density at radius 3 is 2.25 bits per heavy atom. The summed E-state index contributed by atoms with van der Waals surface area (Å²) in [6, 6.07) is 20.7. The Hall–Kier alpha value is -2.90. The van der Waals surface area contributed by atoms with E-state index in [1.807, 2.05) is 37.3 Å². The topological polar surface area (TPSA) is 79.6 Å². The molecule has 1 aromatic heterocycles. The van der Waals surface area contributed by atoms with Crippen LogP contribution in [0.3, 0.4) is 0 Å². The molecule has 1 amide bonds. The average Bonchev–Trinajstić information content (AvgIpc) is 3.22. The Kier molecular flexibility index (Phi) is 6.28. The highest BCUT2D eigenvalue weighted by Crippen LogP contribution is 2.19. The van der Waals surface area contributed by atoms with Crippen LogP contribution in [0.15, 0.2) is 88.4 Å². The fraction of sp³-hybridized carbons (Fsp3) is 0.190. The Bertz CT molecular complexity index is 987. The van der Waals surface area contributed by atoms with Gasteiger partial charge in [0.1, 0.15) is 5.76 Å². The first-order chi connectivity index (χ1) is 13.5. The zero-order valence-electron chi connectivity index (χ0n) is 15.5. The lowest BCUT2D eigenvalue weighted by atomic mass is 10.1. The van der Waals surface area contributed by atoms with Crippen molar-refractivity contribution >= 4 is 15.9 Å². The summed E-state index contributed by atoms with van der Waals surface area (Å²) >= 11 is 0. The Morgan fingerprint density at radius 1 is 1.00 bits per heavy atom. The molecule has 0 aliphatic heterocycles. The van der Waals surface area contributed by atoms with Crippen molar-refractivity contribution in [3.05, 3.63) is 90.4 Å². The first kappa shape index (κ1) is 19.9. The van der Waals surface area contributed by atoms with Gasteiger partial charge in [0.25, 0.3) is 0 Å². The molecule has 1 heterocycles. The summed E-state index contributed by atoms with van der Waals surface area (Å²) in [5.74, 6) is 0.0748. The van der Waals surface area contributed by atoms with Crippen molar-refractivity contribution in [3.63, 3.8) is 0 Å². The number of rotatable bonds is 8. The van der Waals surface area contributed by atoms with Crippen LogP contribution in [0.4, 0.5) is 0 Å². The lowest BCUT2D eigenvalue weighted by molar-refractivity contribution is -0.122. The van der Waals surface area contributed by atoms with Crippen molar-refractivity contribution in [2.24, 2.45) is 0 Å². The van der Waals surface area contributed by atoms with Crippen LogP contribution in [-0.4, -0.2) is 25.2 Å². The highest BCUT2D eigenvalue weighted by atomic mass is 32.2. The quantitative estimate of drug-likeness (QED) is 0.631. The smallest absolute Gasteiger partial charge is 0.243 e. The van der Waals surface area contributed by atoms with Crippen molar-refractivity contribution in [2.45, 2.75) is 24.4 Å². The molecule has 3 aromatic rings. The minimum Gasteiger partial charge on any atom is -0.468 e. The predicted octanol–water partition coefficient (Wildman–Crippen LogP) is 3.35. The summed E-state index contributed by atoms with van der Waals surface area (Å²) in [7, 11) is -3.86. The van der Waals surface area contributed by atoms with Crippen molar-refractivity contribution in [1.82, 2.24) is 9.62 Å². The number of hydrogen-bond donors (Lipinski definition) is 1. The highest BCUT2D eigenvalue weighted by molar-refractivity contribution is 7.89. The molecule has 0 radical (unpaired) electrons. The molecule has 28 heavy (non-hydrogen) atoms. The summed E-state index contributed by atoms with van der Waals surface area (Å²) in [5.41, 5.74) is 0.944. The van der Waals surface area contributed by atoms with Gasteiger partial charge in [-0.25, -0.2) is 8.42 Å². The van der Waals surface area contributed by atoms with Gasteiger partial charge in [0.15, 0.2) is 0 Å². The molecule has 0 aliphatic rings. The van der Waals surface area contributed by atoms with Gasteiger partial charge in [-0.2, -0.15) is 4.31 Å². The number of furan rings is 1. The van der Waals surface area contributed by atoms with Crippen molar-refractivity contribution in [2.75, 3.05) is 6.54 Å². The van der Waals surface area contributed by atoms with Crippen LogP contribution < -0.4 is 5.32 Å². The molecule has 6 nitrogen and oxygen atoms in total. The largest absolute Gasteiger partial charge is 0.468 e. The molecule has 1 atom stereocenters. The van der Waals surface area contributed by atoms with Crippen LogP contribution in [-0.2, 0) is 21.4 Å². The van der Waals surface area contributed by atoms with Gasteiger partial charge in [-0.05, 0) is 36.8 Å². The standard InChI is InChI=1S/C21H22N2O4S/c1-17(18-9-4-2-5-10-18)22-21(24)16-23(15-19-11-8-14-27-19)28(25,26)20-12-6-3-7-13-20/h2-14,17H,15-16H2,1H3,(H,22,24)/t17-/m1/s1. The van der Waals surface area contributed by atoms with Gasteiger partial charge >= 0.3 is 0 Å². The Balaban J connectivity index is 1.78. The summed E-state index contributed by atoms with van der Waals surface area (Å²) in [4.78, 5) is 12.7. The Labute approximate surface area is 164 Å². The zero-order chi connectivity index (χ0) is 20.0. The predicted molar refractivity (Wildman–Crippen MR) is 106 cm³/mol. The van der Waals surface area contributed by atoms with E-state index in [1.54, 1.807) is 30.3 Å². The van der Waals surface area contributed by atoms with Gasteiger partial charge < -0.3 is 9.73 Å². The molecule has 0 saturated carbocycles. The first-order valence-electron chi connectivity index (χ1n) is 8.88. The maximum atomic E-state index is 13.1. The first-order valence-corrected chi connectivity index (χ1v) is 10.3. The molecular weight excluding hydrogens is 376 g/mol. The number of sulfonamides is 1. The van der Waals surface area contributed by atoms with Gasteiger partial charge in [-0.15, -0.1) is 0 Å². The molecule has 7 heteroatoms. The van der Waals surface area contributed by atoms with E-state index in [0.717, 1.165) is 9.87 Å². The van der Waals surface area contributed by atoms with Crippen molar-refractivity contribution in [3.8, 4) is 0 Å². The van der Waals surface area contributed by atoms with E-state index < -0.39 is 10.0 Å². The van der Waals surface area contributed by atoms with E-state index in [9.17, 15) is 13.2 Å². The summed E-state index contributed by atoms with van der Waals surface area (Å²) < 4.78 is 32.5. The zero-order valence-corrected chi connectivity index (χ0v) is 16.3. The minimum atomic E-state index is -3.86. The lowest BCUT2D eigenvalue weighted by Gasteiger charge is -2.22. The van der Waals surface area contributed by atoms with Crippen LogP contribution in [0.25, 0.3) is 0 Å². The number of nitrogens with one attached hydrogen (secondary N) is 1. The summed E-state index contributed by atoms with van der Waals surface area (Å²) in [5, 5.41) is 2.85. The van der Waals surface area contributed by atoms with E-state index >= 15 is 0 Å². The maximum absolute atomic E-state index is 13.1. The van der Waals surface area contributed by atoms with Gasteiger partial charge in [0.2, 0.25) is 15.9 Å². The van der Waals surface area contributed by atoms with E-state index in [1.165, 1.54) is 18.4 Å². The van der Waals surface area contributed by atoms with Crippen LogP contribution in [0, 0.1) is 0 Å². The third-order valence-electron chi connectivity index (χ3n) is 4.29. The third kappa shape index (κ3) is 4.88. The minimum absolute atomic E-state index is 0.0304. The number of carbonyl (C=O) groups is 1. The average molecular weight is 398 g/mol. The van der Waals surface area contributed by atoms with Gasteiger partial charge in [0.05, 0.1) is 30.3 Å². The second kappa shape index (κ2) is 8.86. The van der Waals surface area contributed by atoms with Crippen LogP contribution in [0.1, 0.15) is 24.3 Å². The highest BCUT2D eigenvalue weighted by Gasteiger charge is 2.28. The van der Waals surface area contributed by atoms with E-state index in [-0.39, 0.29) is 29.9 Å². The van der Waals surface area contributed by atoms with Crippen molar-refractivity contribution in [1.29, 1.82) is 0 Å². The second-order valence-corrected chi connectivity index (χ2v) is 8.30. The molecule has 0 unspecified atom stereocenters. The fourth-order valence-electron chi connectivity index (χ4n) is 2.82. The van der Waals surface area contributed by atoms with E-state index in [0.29, 0.717) is 5.76 Å². The molecule has 0 fully saturated rings. The number of amides is 1. The summed E-state index contributed by atoms with van der Waals surface area (Å²) in [6.45, 7) is 1.52. The molecule has 2 aromatic carbocycles. The third-order valence-corrected chi connectivity index (χ3v) is 6.10. The van der Waals surface area contributed by atoms with Crippen LogP contribution >= 0.6 is 0 Å². The number of carbonyl (C=O) groups excluding carboxylic acids is 1. The SMILES string of the molecule is C[C@@H](NC(=O)CN(Cc1ccco1)S(=O)(=O)c1ccccc1)c1ccccc1. The molecule has 1 N–H and O–H groups in total. The monoisotopic (exact) mass is 398 g/mol. The lowest BCUT2D eigenvalue weighted by Crippen LogP contribution is -2.41. The molecule has 3 rings (SSSR count). The normalized spacial score (nSPS) is 12.6. The number of hydrogen-bond acceptors (Lipinski definition) is 4. The van der Waals surface area contributed by atoms with Crippen molar-refractivity contribution < 1.29 is 17.6 Å². The molecule has 0 bridgehead atoms. The van der Waals surface area contributed by atoms with Gasteiger partial charge in [0, 0.05) is 0 Å². The van der Waals surface area contributed by atoms with Gasteiger partial charge in [-0.3, -0.25) is 4.79 Å². The fourth-order valence-corrected chi connectivity index (χ4v) is 4.20. The van der Waals surface area contributed by atoms with E-state index in [4.69, 9.17) is 4.42 Å². The molecule has 0 spiro atoms. The van der Waals surface area contributed by atoms with Gasteiger partial charge in [-0.1, -0.05) is 48.5 Å². The Morgan fingerprint density at radius 2 is 1.64 bits per heavy atom. The van der Waals surface area contributed by atoms with Crippen LogP contribution in [0.5, 0.6) is 0 Å². The number of nitrogens with zero attached hydrogens (tertiary/aromatic N) is 1.